The molecule has 1 aliphatic heterocycles. The highest BCUT2D eigenvalue weighted by Crippen LogP contribution is 2.28. The molecule has 2 amide bonds. The maximum Gasteiger partial charge on any atom is 0.252 e. The van der Waals surface area contributed by atoms with Crippen LogP contribution in [0.3, 0.4) is 0 Å². The highest BCUT2D eigenvalue weighted by Gasteiger charge is 2.23. The van der Waals surface area contributed by atoms with Crippen LogP contribution in [-0.4, -0.2) is 45.6 Å². The third-order valence-electron chi connectivity index (χ3n) is 5.85. The van der Waals surface area contributed by atoms with E-state index in [1.165, 1.54) is 11.3 Å². The molecule has 1 aliphatic rings. The maximum absolute atomic E-state index is 12.9. The first-order valence-corrected chi connectivity index (χ1v) is 13.0. The number of rotatable bonds is 6. The van der Waals surface area contributed by atoms with Crippen LogP contribution in [0.1, 0.15) is 28.8 Å². The average Bonchev–Trinajstić information content (AvgIpc) is 3.65. The van der Waals surface area contributed by atoms with Gasteiger partial charge >= 0.3 is 0 Å². The van der Waals surface area contributed by atoms with Gasteiger partial charge in [0.05, 0.1) is 10.6 Å². The molecule has 1 saturated heterocycles. The summed E-state index contributed by atoms with van der Waals surface area (Å²) in [6, 6.07) is 15.9. The summed E-state index contributed by atoms with van der Waals surface area (Å²) in [5, 5.41) is 13.6. The van der Waals surface area contributed by atoms with E-state index in [0.29, 0.717) is 18.7 Å². The molecule has 0 unspecified atom stereocenters. The molecule has 6 nitrogen and oxygen atoms in total. The monoisotopic (exact) mass is 488 g/mol. The van der Waals surface area contributed by atoms with Crippen LogP contribution in [0.2, 0.25) is 0 Å². The van der Waals surface area contributed by atoms with Crippen LogP contribution in [0.25, 0.3) is 22.3 Å². The van der Waals surface area contributed by atoms with E-state index < -0.39 is 0 Å². The van der Waals surface area contributed by atoms with Crippen LogP contribution in [0.4, 0.5) is 0 Å². The third-order valence-corrected chi connectivity index (χ3v) is 7.41. The van der Waals surface area contributed by atoms with E-state index in [1.54, 1.807) is 17.4 Å². The molecule has 1 N–H and O–H groups in total. The second-order valence-corrected chi connectivity index (χ2v) is 9.84. The number of thiophene rings is 2. The van der Waals surface area contributed by atoms with E-state index in [-0.39, 0.29) is 17.9 Å². The SMILES string of the molecule is O=C(NC1CCN(C(=O)/C=C/c2cn(-c3ccccc3)nc2-c2cccs2)CC1)c1ccsc1. The fourth-order valence-corrected chi connectivity index (χ4v) is 5.37. The summed E-state index contributed by atoms with van der Waals surface area (Å²) in [6.45, 7) is 1.25. The number of nitrogens with one attached hydrogen (secondary N) is 1. The molecular formula is C26H24N4O2S2. The van der Waals surface area contributed by atoms with Crippen molar-refractivity contribution in [3.8, 4) is 16.3 Å². The first-order valence-electron chi connectivity index (χ1n) is 11.2. The summed E-state index contributed by atoms with van der Waals surface area (Å²) in [4.78, 5) is 28.1. The van der Waals surface area contributed by atoms with E-state index in [4.69, 9.17) is 5.10 Å². The molecule has 0 radical (unpaired) electrons. The Balaban J connectivity index is 1.25. The van der Waals surface area contributed by atoms with Gasteiger partial charge in [-0.05, 0) is 53.9 Å². The van der Waals surface area contributed by atoms with Gasteiger partial charge in [0.25, 0.3) is 5.91 Å². The van der Waals surface area contributed by atoms with Crippen LogP contribution in [-0.2, 0) is 4.79 Å². The third kappa shape index (κ3) is 5.03. The van der Waals surface area contributed by atoms with Gasteiger partial charge in [-0.1, -0.05) is 24.3 Å². The number of nitrogens with zero attached hydrogens (tertiary/aromatic N) is 3. The zero-order chi connectivity index (χ0) is 23.3. The van der Waals surface area contributed by atoms with E-state index in [9.17, 15) is 9.59 Å². The minimum Gasteiger partial charge on any atom is -0.349 e. The lowest BCUT2D eigenvalue weighted by Crippen LogP contribution is -2.46. The fourth-order valence-electron chi connectivity index (χ4n) is 4.00. The van der Waals surface area contributed by atoms with Crippen molar-refractivity contribution in [1.29, 1.82) is 0 Å². The number of carbonyl (C=O) groups excluding carboxylic acids is 2. The molecule has 0 spiro atoms. The van der Waals surface area contributed by atoms with Gasteiger partial charge in [0, 0.05) is 47.9 Å². The number of para-hydroxylation sites is 1. The predicted molar refractivity (Wildman–Crippen MR) is 137 cm³/mol. The summed E-state index contributed by atoms with van der Waals surface area (Å²) >= 11 is 3.14. The summed E-state index contributed by atoms with van der Waals surface area (Å²) in [7, 11) is 0. The van der Waals surface area contributed by atoms with E-state index in [2.05, 4.69) is 5.32 Å². The number of carbonyl (C=O) groups is 2. The van der Waals surface area contributed by atoms with Crippen molar-refractivity contribution >= 4 is 40.6 Å². The Hall–Kier alpha value is -3.49. The highest BCUT2D eigenvalue weighted by atomic mass is 32.1. The van der Waals surface area contributed by atoms with E-state index >= 15 is 0 Å². The second kappa shape index (κ2) is 10.2. The van der Waals surface area contributed by atoms with Crippen molar-refractivity contribution in [3.63, 3.8) is 0 Å². The lowest BCUT2D eigenvalue weighted by molar-refractivity contribution is -0.126. The van der Waals surface area contributed by atoms with Crippen LogP contribution in [0, 0.1) is 0 Å². The van der Waals surface area contributed by atoms with Gasteiger partial charge in [0.15, 0.2) is 0 Å². The number of piperidine rings is 1. The Morgan fingerprint density at radius 2 is 1.85 bits per heavy atom. The molecule has 172 valence electrons. The fraction of sp³-hybridized carbons (Fsp3) is 0.192. The van der Waals surface area contributed by atoms with Crippen molar-refractivity contribution in [3.05, 3.63) is 88.1 Å². The van der Waals surface area contributed by atoms with Crippen molar-refractivity contribution in [1.82, 2.24) is 20.0 Å². The quantitative estimate of drug-likeness (QED) is 0.384. The lowest BCUT2D eigenvalue weighted by atomic mass is 10.0. The molecule has 0 atom stereocenters. The smallest absolute Gasteiger partial charge is 0.252 e. The van der Waals surface area contributed by atoms with E-state index in [1.807, 2.05) is 86.5 Å². The Labute approximate surface area is 206 Å². The van der Waals surface area contributed by atoms with Crippen molar-refractivity contribution in [2.45, 2.75) is 18.9 Å². The molecule has 0 aliphatic carbocycles. The van der Waals surface area contributed by atoms with Crippen LogP contribution in [0.5, 0.6) is 0 Å². The molecule has 1 fully saturated rings. The Morgan fingerprint density at radius 3 is 2.56 bits per heavy atom. The molecule has 3 aromatic heterocycles. The first-order chi connectivity index (χ1) is 16.7. The maximum atomic E-state index is 12.9. The van der Waals surface area contributed by atoms with Gasteiger partial charge in [0.2, 0.25) is 5.91 Å². The first kappa shape index (κ1) is 22.3. The number of hydrogen-bond acceptors (Lipinski definition) is 5. The molecule has 1 aromatic carbocycles. The van der Waals surface area contributed by atoms with Gasteiger partial charge in [-0.2, -0.15) is 16.4 Å². The molecule has 5 rings (SSSR count). The normalized spacial score (nSPS) is 14.5. The van der Waals surface area contributed by atoms with Crippen LogP contribution < -0.4 is 5.32 Å². The largest absolute Gasteiger partial charge is 0.349 e. The average molecular weight is 489 g/mol. The van der Waals surface area contributed by atoms with Gasteiger partial charge in [0.1, 0.15) is 5.69 Å². The van der Waals surface area contributed by atoms with Crippen molar-refractivity contribution in [2.75, 3.05) is 13.1 Å². The lowest BCUT2D eigenvalue weighted by Gasteiger charge is -2.31. The summed E-state index contributed by atoms with van der Waals surface area (Å²) in [6.07, 6.45) is 6.95. The molecule has 8 heteroatoms. The summed E-state index contributed by atoms with van der Waals surface area (Å²) in [5.41, 5.74) is 3.43. The second-order valence-electron chi connectivity index (χ2n) is 8.11. The molecular weight excluding hydrogens is 464 g/mol. The number of aromatic nitrogens is 2. The van der Waals surface area contributed by atoms with Crippen LogP contribution in [0.15, 0.2) is 76.9 Å². The Bertz CT molecular complexity index is 1270. The minimum atomic E-state index is -0.0394. The van der Waals surface area contributed by atoms with Crippen molar-refractivity contribution < 1.29 is 9.59 Å². The van der Waals surface area contributed by atoms with Crippen molar-refractivity contribution in [2.24, 2.45) is 0 Å². The number of hydrogen-bond donors (Lipinski definition) is 1. The molecule has 4 heterocycles. The molecule has 4 aromatic rings. The highest BCUT2D eigenvalue weighted by molar-refractivity contribution is 7.13. The molecule has 0 saturated carbocycles. The number of likely N-dealkylation sites (tertiary alicyclic amines) is 1. The van der Waals surface area contributed by atoms with Gasteiger partial charge in [-0.3, -0.25) is 9.59 Å². The summed E-state index contributed by atoms with van der Waals surface area (Å²) in [5.74, 6) is -0.0605. The zero-order valence-corrected chi connectivity index (χ0v) is 20.1. The standard InChI is InChI=1S/C26H24N4O2S2/c31-24(29-13-10-21(11-14-29)27-26(32)20-12-16-33-18-20)9-8-19-17-30(22-5-2-1-3-6-22)28-25(19)23-7-4-15-34-23/h1-9,12,15-18,21H,10-11,13-14H2,(H,27,32)/b9-8+. The van der Waals surface area contributed by atoms with Gasteiger partial charge in [-0.25, -0.2) is 4.68 Å². The molecule has 0 bridgehead atoms. The topological polar surface area (TPSA) is 67.2 Å². The number of benzene rings is 1. The summed E-state index contributed by atoms with van der Waals surface area (Å²) < 4.78 is 1.85. The Kier molecular flexibility index (Phi) is 6.69. The van der Waals surface area contributed by atoms with Gasteiger partial charge < -0.3 is 10.2 Å². The Morgan fingerprint density at radius 1 is 1.03 bits per heavy atom. The molecule has 34 heavy (non-hydrogen) atoms. The van der Waals surface area contributed by atoms with E-state index in [0.717, 1.165) is 34.7 Å². The zero-order valence-electron chi connectivity index (χ0n) is 18.5. The minimum absolute atomic E-state index is 0.0211. The van der Waals surface area contributed by atoms with Crippen LogP contribution >= 0.6 is 22.7 Å². The van der Waals surface area contributed by atoms with Gasteiger partial charge in [-0.15, -0.1) is 11.3 Å². The predicted octanol–water partition coefficient (Wildman–Crippen LogP) is 5.10. The number of amides is 2.